The quantitative estimate of drug-likeness (QED) is 0.632. The van der Waals surface area contributed by atoms with Crippen LogP contribution in [0.4, 0.5) is 4.79 Å². The minimum atomic E-state index is -0.944. The zero-order valence-corrected chi connectivity index (χ0v) is 8.16. The Balaban J connectivity index is 3.85. The van der Waals surface area contributed by atoms with Crippen molar-refractivity contribution < 1.29 is 19.4 Å². The lowest BCUT2D eigenvalue weighted by atomic mass is 10.1. The number of carboxylic acid groups (broad SMARTS) is 1. The van der Waals surface area contributed by atoms with E-state index in [2.05, 4.69) is 16.6 Å². The van der Waals surface area contributed by atoms with Crippen LogP contribution in [0.25, 0.3) is 0 Å². The molecule has 0 aromatic carbocycles. The number of rotatable bonds is 6. The van der Waals surface area contributed by atoms with Gasteiger partial charge in [-0.05, 0) is 6.42 Å². The Morgan fingerprint density at radius 3 is 2.71 bits per heavy atom. The van der Waals surface area contributed by atoms with Gasteiger partial charge in [0, 0.05) is 6.04 Å². The van der Waals surface area contributed by atoms with Crippen LogP contribution in [-0.2, 0) is 9.53 Å². The van der Waals surface area contributed by atoms with E-state index in [4.69, 9.17) is 5.11 Å². The SMILES string of the molecule is C=CCOC(=O)NC(CC)CC(=O)O. The average molecular weight is 201 g/mol. The van der Waals surface area contributed by atoms with Crippen molar-refractivity contribution in [2.24, 2.45) is 0 Å². The highest BCUT2D eigenvalue weighted by molar-refractivity contribution is 5.71. The second kappa shape index (κ2) is 6.94. The third-order valence-corrected chi connectivity index (χ3v) is 1.57. The third kappa shape index (κ3) is 6.05. The van der Waals surface area contributed by atoms with Crippen LogP contribution in [0.3, 0.4) is 0 Å². The summed E-state index contributed by atoms with van der Waals surface area (Å²) in [5.41, 5.74) is 0. The molecule has 14 heavy (non-hydrogen) atoms. The predicted octanol–water partition coefficient (Wildman–Crippen LogP) is 1.15. The maximum absolute atomic E-state index is 11.0. The molecule has 0 saturated heterocycles. The van der Waals surface area contributed by atoms with Crippen molar-refractivity contribution in [3.05, 3.63) is 12.7 Å². The van der Waals surface area contributed by atoms with Crippen LogP contribution in [0.15, 0.2) is 12.7 Å². The number of amides is 1. The molecule has 0 heterocycles. The van der Waals surface area contributed by atoms with Crippen LogP contribution >= 0.6 is 0 Å². The van der Waals surface area contributed by atoms with Crippen LogP contribution in [0, 0.1) is 0 Å². The zero-order chi connectivity index (χ0) is 11.0. The first-order valence-corrected chi connectivity index (χ1v) is 4.36. The van der Waals surface area contributed by atoms with E-state index in [0.29, 0.717) is 6.42 Å². The predicted molar refractivity (Wildman–Crippen MR) is 51.0 cm³/mol. The summed E-state index contributed by atoms with van der Waals surface area (Å²) in [6.45, 7) is 5.29. The molecule has 5 nitrogen and oxygen atoms in total. The normalized spacial score (nSPS) is 11.5. The Morgan fingerprint density at radius 2 is 2.29 bits per heavy atom. The number of alkyl carbamates (subject to hydrolysis) is 1. The number of carbonyl (C=O) groups is 2. The van der Waals surface area contributed by atoms with E-state index in [1.54, 1.807) is 6.92 Å². The second-order valence-corrected chi connectivity index (χ2v) is 2.73. The first-order valence-electron chi connectivity index (χ1n) is 4.36. The molecule has 1 unspecified atom stereocenters. The van der Waals surface area contributed by atoms with Gasteiger partial charge in [0.25, 0.3) is 0 Å². The van der Waals surface area contributed by atoms with Crippen molar-refractivity contribution in [1.82, 2.24) is 5.32 Å². The molecular formula is C9H15NO4. The summed E-state index contributed by atoms with van der Waals surface area (Å²) in [5, 5.41) is 10.9. The number of hydrogen-bond acceptors (Lipinski definition) is 3. The van der Waals surface area contributed by atoms with Crippen LogP contribution in [-0.4, -0.2) is 29.8 Å². The molecule has 0 aromatic rings. The maximum atomic E-state index is 11.0. The maximum Gasteiger partial charge on any atom is 0.407 e. The fourth-order valence-corrected chi connectivity index (χ4v) is 0.851. The number of hydrogen-bond donors (Lipinski definition) is 2. The van der Waals surface area contributed by atoms with Gasteiger partial charge in [-0.15, -0.1) is 0 Å². The molecule has 80 valence electrons. The minimum Gasteiger partial charge on any atom is -0.481 e. The van der Waals surface area contributed by atoms with Gasteiger partial charge < -0.3 is 15.2 Å². The van der Waals surface area contributed by atoms with Gasteiger partial charge in [0.15, 0.2) is 0 Å². The molecule has 0 aliphatic heterocycles. The lowest BCUT2D eigenvalue weighted by Gasteiger charge is -2.13. The van der Waals surface area contributed by atoms with Crippen LogP contribution in [0.2, 0.25) is 0 Å². The van der Waals surface area contributed by atoms with Crippen LogP contribution < -0.4 is 5.32 Å². The van der Waals surface area contributed by atoms with Gasteiger partial charge >= 0.3 is 12.1 Å². The molecule has 0 radical (unpaired) electrons. The highest BCUT2D eigenvalue weighted by Crippen LogP contribution is 1.97. The van der Waals surface area contributed by atoms with Crippen molar-refractivity contribution in [3.63, 3.8) is 0 Å². The smallest absolute Gasteiger partial charge is 0.407 e. The molecule has 5 heteroatoms. The summed E-state index contributed by atoms with van der Waals surface area (Å²) in [4.78, 5) is 21.3. The van der Waals surface area contributed by atoms with Gasteiger partial charge in [0.1, 0.15) is 6.61 Å². The van der Waals surface area contributed by atoms with Crippen molar-refractivity contribution in [2.75, 3.05) is 6.61 Å². The third-order valence-electron chi connectivity index (χ3n) is 1.57. The monoisotopic (exact) mass is 201 g/mol. The van der Waals surface area contributed by atoms with E-state index < -0.39 is 12.1 Å². The number of carboxylic acids is 1. The molecule has 1 amide bonds. The van der Waals surface area contributed by atoms with E-state index in [0.717, 1.165) is 0 Å². The van der Waals surface area contributed by atoms with Gasteiger partial charge in [-0.1, -0.05) is 19.6 Å². The van der Waals surface area contributed by atoms with Crippen molar-refractivity contribution >= 4 is 12.1 Å². The molecule has 0 aromatic heterocycles. The van der Waals surface area contributed by atoms with Gasteiger partial charge in [0.2, 0.25) is 0 Å². The standard InChI is InChI=1S/C9H15NO4/c1-3-5-14-9(13)10-7(4-2)6-8(11)12/h3,7H,1,4-6H2,2H3,(H,10,13)(H,11,12). The molecule has 0 spiro atoms. The van der Waals surface area contributed by atoms with E-state index in [9.17, 15) is 9.59 Å². The molecule has 0 saturated carbocycles. The van der Waals surface area contributed by atoms with E-state index in [-0.39, 0.29) is 19.1 Å². The van der Waals surface area contributed by atoms with Crippen LogP contribution in [0.5, 0.6) is 0 Å². The van der Waals surface area contributed by atoms with Gasteiger partial charge in [0.05, 0.1) is 6.42 Å². The first kappa shape index (κ1) is 12.5. The Hall–Kier alpha value is -1.52. The molecule has 0 bridgehead atoms. The first-order chi connectivity index (χ1) is 6.60. The average Bonchev–Trinajstić information content (AvgIpc) is 2.12. The van der Waals surface area contributed by atoms with Gasteiger partial charge in [-0.3, -0.25) is 4.79 Å². The Bertz CT molecular complexity index is 215. The fourth-order valence-electron chi connectivity index (χ4n) is 0.851. The summed E-state index contributed by atoms with van der Waals surface area (Å²) >= 11 is 0. The second-order valence-electron chi connectivity index (χ2n) is 2.73. The number of carbonyl (C=O) groups excluding carboxylic acids is 1. The summed E-state index contributed by atoms with van der Waals surface area (Å²) in [6.07, 6.45) is 1.28. The Kier molecular flexibility index (Phi) is 6.19. The van der Waals surface area contributed by atoms with Gasteiger partial charge in [-0.25, -0.2) is 4.79 Å². The zero-order valence-electron chi connectivity index (χ0n) is 8.16. The molecule has 0 fully saturated rings. The Labute approximate surface area is 82.7 Å². The topological polar surface area (TPSA) is 75.6 Å². The highest BCUT2D eigenvalue weighted by Gasteiger charge is 2.13. The molecule has 2 N–H and O–H groups in total. The summed E-state index contributed by atoms with van der Waals surface area (Å²) in [5.74, 6) is -0.944. The summed E-state index contributed by atoms with van der Waals surface area (Å²) in [7, 11) is 0. The largest absolute Gasteiger partial charge is 0.481 e. The summed E-state index contributed by atoms with van der Waals surface area (Å²) in [6, 6.07) is -0.384. The highest BCUT2D eigenvalue weighted by atomic mass is 16.5. The van der Waals surface area contributed by atoms with Gasteiger partial charge in [-0.2, -0.15) is 0 Å². The van der Waals surface area contributed by atoms with E-state index in [1.807, 2.05) is 0 Å². The van der Waals surface area contributed by atoms with Crippen LogP contribution in [0.1, 0.15) is 19.8 Å². The number of aliphatic carboxylic acids is 1. The lowest BCUT2D eigenvalue weighted by Crippen LogP contribution is -2.36. The lowest BCUT2D eigenvalue weighted by molar-refractivity contribution is -0.137. The molecule has 0 aliphatic carbocycles. The van der Waals surface area contributed by atoms with E-state index >= 15 is 0 Å². The fraction of sp³-hybridized carbons (Fsp3) is 0.556. The van der Waals surface area contributed by atoms with Crippen molar-refractivity contribution in [1.29, 1.82) is 0 Å². The molecule has 0 rings (SSSR count). The molecule has 0 aliphatic rings. The summed E-state index contributed by atoms with van der Waals surface area (Å²) < 4.78 is 4.64. The number of ether oxygens (including phenoxy) is 1. The van der Waals surface area contributed by atoms with E-state index in [1.165, 1.54) is 6.08 Å². The molecule has 1 atom stereocenters. The number of nitrogens with one attached hydrogen (secondary N) is 1. The Morgan fingerprint density at radius 1 is 1.64 bits per heavy atom. The molecular weight excluding hydrogens is 186 g/mol. The van der Waals surface area contributed by atoms with Crippen molar-refractivity contribution in [2.45, 2.75) is 25.8 Å². The van der Waals surface area contributed by atoms with Crippen molar-refractivity contribution in [3.8, 4) is 0 Å². The minimum absolute atomic E-state index is 0.0975.